The van der Waals surface area contributed by atoms with Crippen LogP contribution in [-0.4, -0.2) is 27.9 Å². The first-order valence-electron chi connectivity index (χ1n) is 8.63. The fourth-order valence-corrected chi connectivity index (χ4v) is 6.33. The lowest BCUT2D eigenvalue weighted by molar-refractivity contribution is 0.0697. The molecule has 0 aliphatic rings. The third-order valence-electron chi connectivity index (χ3n) is 4.12. The van der Waals surface area contributed by atoms with Gasteiger partial charge < -0.3 is 5.11 Å². The SMILES string of the molecule is O=C(O)c1ccc(NS(=O)(=O)c2ccc(Cl)cc2Cl)c(NS(=O)(=O)c2ccc(Cl)cc2Cl)c1. The van der Waals surface area contributed by atoms with Crippen LogP contribution in [0.15, 0.2) is 64.4 Å². The second-order valence-corrected chi connectivity index (χ2v) is 11.4. The number of hydrogen-bond donors (Lipinski definition) is 3. The smallest absolute Gasteiger partial charge is 0.335 e. The minimum atomic E-state index is -4.37. The van der Waals surface area contributed by atoms with E-state index >= 15 is 0 Å². The van der Waals surface area contributed by atoms with Crippen LogP contribution in [-0.2, 0) is 20.0 Å². The maximum absolute atomic E-state index is 12.9. The van der Waals surface area contributed by atoms with E-state index < -0.39 is 26.0 Å². The van der Waals surface area contributed by atoms with E-state index in [0.717, 1.165) is 30.3 Å². The largest absolute Gasteiger partial charge is 0.478 e. The summed E-state index contributed by atoms with van der Waals surface area (Å²) >= 11 is 23.6. The van der Waals surface area contributed by atoms with Gasteiger partial charge in [0.05, 0.1) is 27.0 Å². The zero-order chi connectivity index (χ0) is 24.6. The van der Waals surface area contributed by atoms with Gasteiger partial charge in [0.1, 0.15) is 9.79 Å². The van der Waals surface area contributed by atoms with Crippen molar-refractivity contribution in [1.82, 2.24) is 0 Å². The molecule has 0 bridgehead atoms. The van der Waals surface area contributed by atoms with Crippen LogP contribution in [0.3, 0.4) is 0 Å². The van der Waals surface area contributed by atoms with Crippen LogP contribution in [0.1, 0.15) is 10.4 Å². The van der Waals surface area contributed by atoms with E-state index in [4.69, 9.17) is 46.4 Å². The molecular formula is C19H12Cl4N2O6S2. The van der Waals surface area contributed by atoms with Gasteiger partial charge in [-0.15, -0.1) is 0 Å². The molecule has 0 radical (unpaired) electrons. The molecule has 174 valence electrons. The van der Waals surface area contributed by atoms with Crippen molar-refractivity contribution in [2.75, 3.05) is 9.44 Å². The Balaban J connectivity index is 2.08. The van der Waals surface area contributed by atoms with E-state index in [2.05, 4.69) is 9.44 Å². The predicted octanol–water partition coefficient (Wildman–Crippen LogP) is 5.60. The highest BCUT2D eigenvalue weighted by Crippen LogP contribution is 2.33. The summed E-state index contributed by atoms with van der Waals surface area (Å²) in [6.45, 7) is 0. The van der Waals surface area contributed by atoms with Gasteiger partial charge in [-0.1, -0.05) is 46.4 Å². The standard InChI is InChI=1S/C19H12Cl4N2O6S2/c20-11-2-5-17(13(22)8-11)32(28,29)24-15-4-1-10(19(26)27)7-16(15)25-33(30,31)18-6-3-12(21)9-14(18)23/h1-9,24-25H,(H,26,27). The number of nitrogens with one attached hydrogen (secondary N) is 2. The molecule has 0 saturated heterocycles. The predicted molar refractivity (Wildman–Crippen MR) is 128 cm³/mol. The first kappa shape index (κ1) is 25.4. The fraction of sp³-hybridized carbons (Fsp3) is 0. The van der Waals surface area contributed by atoms with Gasteiger partial charge in [-0.3, -0.25) is 9.44 Å². The second-order valence-electron chi connectivity index (χ2n) is 6.43. The van der Waals surface area contributed by atoms with E-state index in [1.807, 2.05) is 0 Å². The Labute approximate surface area is 209 Å². The van der Waals surface area contributed by atoms with Gasteiger partial charge in [0, 0.05) is 10.0 Å². The Morgan fingerprint density at radius 2 is 1.12 bits per heavy atom. The van der Waals surface area contributed by atoms with Crippen LogP contribution in [0.2, 0.25) is 20.1 Å². The summed E-state index contributed by atoms with van der Waals surface area (Å²) in [4.78, 5) is 10.7. The molecule has 3 aromatic rings. The Kier molecular flexibility index (Phi) is 7.37. The normalized spacial score (nSPS) is 11.8. The van der Waals surface area contributed by atoms with E-state index in [0.29, 0.717) is 0 Å². The molecule has 0 unspecified atom stereocenters. The molecule has 3 aromatic carbocycles. The first-order chi connectivity index (χ1) is 15.3. The molecule has 0 aromatic heterocycles. The summed E-state index contributed by atoms with van der Waals surface area (Å²) < 4.78 is 55.9. The molecule has 3 N–H and O–H groups in total. The number of hydrogen-bond acceptors (Lipinski definition) is 5. The van der Waals surface area contributed by atoms with Gasteiger partial charge in [0.2, 0.25) is 0 Å². The fourth-order valence-electron chi connectivity index (χ4n) is 2.64. The third kappa shape index (κ3) is 5.84. The number of aromatic carboxylic acids is 1. The lowest BCUT2D eigenvalue weighted by atomic mass is 10.2. The molecule has 0 heterocycles. The molecule has 0 saturated carbocycles. The van der Waals surface area contributed by atoms with Crippen LogP contribution < -0.4 is 9.44 Å². The lowest BCUT2D eigenvalue weighted by Crippen LogP contribution is -2.18. The topological polar surface area (TPSA) is 130 Å². The molecular weight excluding hydrogens is 558 g/mol. The number of sulfonamides is 2. The zero-order valence-electron chi connectivity index (χ0n) is 16.0. The number of anilines is 2. The van der Waals surface area contributed by atoms with Crippen molar-refractivity contribution in [3.8, 4) is 0 Å². The van der Waals surface area contributed by atoms with Crippen LogP contribution in [0.4, 0.5) is 11.4 Å². The number of benzene rings is 3. The quantitative estimate of drug-likeness (QED) is 0.339. The summed E-state index contributed by atoms with van der Waals surface area (Å²) in [5.74, 6) is -1.37. The summed E-state index contributed by atoms with van der Waals surface area (Å²) in [6, 6.07) is 10.5. The molecule has 14 heteroatoms. The maximum Gasteiger partial charge on any atom is 0.335 e. The van der Waals surface area contributed by atoms with Gasteiger partial charge in [-0.25, -0.2) is 21.6 Å². The minimum Gasteiger partial charge on any atom is -0.478 e. The second kappa shape index (κ2) is 9.57. The van der Waals surface area contributed by atoms with Gasteiger partial charge in [0.15, 0.2) is 0 Å². The van der Waals surface area contributed by atoms with Crippen molar-refractivity contribution in [2.24, 2.45) is 0 Å². The summed E-state index contributed by atoms with van der Waals surface area (Å²) in [7, 11) is -8.69. The van der Waals surface area contributed by atoms with Crippen molar-refractivity contribution in [3.63, 3.8) is 0 Å². The summed E-state index contributed by atoms with van der Waals surface area (Å²) in [6.07, 6.45) is 0. The van der Waals surface area contributed by atoms with E-state index in [1.54, 1.807) is 0 Å². The Hall–Kier alpha value is -2.21. The molecule has 0 aliphatic carbocycles. The lowest BCUT2D eigenvalue weighted by Gasteiger charge is -2.16. The van der Waals surface area contributed by atoms with E-state index in [-0.39, 0.29) is 46.8 Å². The zero-order valence-corrected chi connectivity index (χ0v) is 20.7. The summed E-state index contributed by atoms with van der Waals surface area (Å²) in [5, 5.41) is 9.31. The Morgan fingerprint density at radius 3 is 1.55 bits per heavy atom. The monoisotopic (exact) mass is 568 g/mol. The minimum absolute atomic E-state index is 0.174. The summed E-state index contributed by atoms with van der Waals surface area (Å²) in [5.41, 5.74) is -0.934. The van der Waals surface area contributed by atoms with Gasteiger partial charge >= 0.3 is 5.97 Å². The van der Waals surface area contributed by atoms with Crippen molar-refractivity contribution < 1.29 is 26.7 Å². The Morgan fingerprint density at radius 1 is 0.667 bits per heavy atom. The molecule has 0 aliphatic heterocycles. The van der Waals surface area contributed by atoms with E-state index in [1.165, 1.54) is 24.3 Å². The van der Waals surface area contributed by atoms with Crippen molar-refractivity contribution in [3.05, 3.63) is 80.3 Å². The van der Waals surface area contributed by atoms with Crippen molar-refractivity contribution >= 4 is 83.8 Å². The van der Waals surface area contributed by atoms with Crippen LogP contribution in [0, 0.1) is 0 Å². The average Bonchev–Trinajstić information content (AvgIpc) is 2.68. The van der Waals surface area contributed by atoms with Gasteiger partial charge in [0.25, 0.3) is 20.0 Å². The molecule has 0 atom stereocenters. The van der Waals surface area contributed by atoms with Crippen LogP contribution in [0.25, 0.3) is 0 Å². The molecule has 33 heavy (non-hydrogen) atoms. The highest BCUT2D eigenvalue weighted by Gasteiger charge is 2.24. The molecule has 0 amide bonds. The van der Waals surface area contributed by atoms with Gasteiger partial charge in [-0.2, -0.15) is 0 Å². The van der Waals surface area contributed by atoms with E-state index in [9.17, 15) is 26.7 Å². The third-order valence-corrected chi connectivity index (χ3v) is 8.29. The van der Waals surface area contributed by atoms with Crippen molar-refractivity contribution in [2.45, 2.75) is 9.79 Å². The molecule has 0 fully saturated rings. The highest BCUT2D eigenvalue weighted by atomic mass is 35.5. The number of carboxylic acids is 1. The molecule has 0 spiro atoms. The molecule has 8 nitrogen and oxygen atoms in total. The highest BCUT2D eigenvalue weighted by molar-refractivity contribution is 7.93. The average molecular weight is 570 g/mol. The van der Waals surface area contributed by atoms with Crippen molar-refractivity contribution in [1.29, 1.82) is 0 Å². The maximum atomic E-state index is 12.9. The molecule has 3 rings (SSSR count). The number of carboxylic acid groups (broad SMARTS) is 1. The Bertz CT molecular complexity index is 1480. The number of rotatable bonds is 7. The number of halogens is 4. The van der Waals surface area contributed by atoms with Crippen LogP contribution in [0.5, 0.6) is 0 Å². The van der Waals surface area contributed by atoms with Gasteiger partial charge in [-0.05, 0) is 54.6 Å². The number of carbonyl (C=O) groups is 1. The van der Waals surface area contributed by atoms with Crippen LogP contribution >= 0.6 is 46.4 Å². The first-order valence-corrected chi connectivity index (χ1v) is 13.1.